The number of carbonyl (C=O) groups is 2. The van der Waals surface area contributed by atoms with Crippen molar-refractivity contribution >= 4 is 28.8 Å². The van der Waals surface area contributed by atoms with E-state index in [1.54, 1.807) is 0 Å². The van der Waals surface area contributed by atoms with E-state index in [1.807, 2.05) is 76.2 Å². The second kappa shape index (κ2) is 10.1. The molecule has 2 aromatic rings. The van der Waals surface area contributed by atoms with E-state index in [0.717, 1.165) is 34.6 Å². The van der Waals surface area contributed by atoms with Gasteiger partial charge < -0.3 is 16.4 Å². The molecule has 1 atom stereocenters. The predicted octanol–water partition coefficient (Wildman–Crippen LogP) is 4.45. The molecule has 0 spiro atoms. The van der Waals surface area contributed by atoms with Crippen LogP contribution in [-0.2, 0) is 4.79 Å². The number of benzene rings is 2. The van der Waals surface area contributed by atoms with Crippen LogP contribution in [0, 0.1) is 6.92 Å². The van der Waals surface area contributed by atoms with Crippen LogP contribution in [0.15, 0.2) is 76.4 Å². The SMILES string of the molecule is CCC(CNc1ccc(N=C2C(C)=CC(=O)C(N)=C2C)c(C)c1)NC(=O)c1ccccc1. The lowest BCUT2D eigenvalue weighted by Crippen LogP contribution is -2.39. The van der Waals surface area contributed by atoms with Gasteiger partial charge in [-0.15, -0.1) is 0 Å². The van der Waals surface area contributed by atoms with Crippen LogP contribution < -0.4 is 16.4 Å². The Hall–Kier alpha value is -3.67. The highest BCUT2D eigenvalue weighted by Crippen LogP contribution is 2.26. The number of allylic oxidation sites excluding steroid dienone is 3. The highest BCUT2D eigenvalue weighted by molar-refractivity contribution is 6.24. The summed E-state index contributed by atoms with van der Waals surface area (Å²) in [4.78, 5) is 29.1. The Labute approximate surface area is 189 Å². The zero-order valence-electron chi connectivity index (χ0n) is 19.0. The standard InChI is InChI=1S/C26H30N4O2/c1-5-20(29-26(32)19-9-7-6-8-10-19)15-28-21-11-12-22(16(2)13-21)30-25-17(3)14-23(31)24(27)18(25)4/h6-14,20,28H,5,15,27H2,1-4H3,(H,29,32). The van der Waals surface area contributed by atoms with Crippen LogP contribution in [0.5, 0.6) is 0 Å². The van der Waals surface area contributed by atoms with Gasteiger partial charge in [0.15, 0.2) is 0 Å². The van der Waals surface area contributed by atoms with E-state index in [1.165, 1.54) is 6.08 Å². The lowest BCUT2D eigenvalue weighted by atomic mass is 9.94. The first-order valence-electron chi connectivity index (χ1n) is 10.8. The van der Waals surface area contributed by atoms with Crippen LogP contribution in [0.3, 0.4) is 0 Å². The molecule has 0 radical (unpaired) electrons. The summed E-state index contributed by atoms with van der Waals surface area (Å²) in [7, 11) is 0. The number of nitrogens with two attached hydrogens (primary N) is 1. The third-order valence-electron chi connectivity index (χ3n) is 5.59. The Morgan fingerprint density at radius 3 is 2.47 bits per heavy atom. The van der Waals surface area contributed by atoms with Crippen LogP contribution in [0.1, 0.15) is 43.1 Å². The molecule has 1 aliphatic rings. The summed E-state index contributed by atoms with van der Waals surface area (Å²) in [6.45, 7) is 8.35. The fourth-order valence-electron chi connectivity index (χ4n) is 3.53. The molecule has 4 N–H and O–H groups in total. The maximum atomic E-state index is 12.4. The van der Waals surface area contributed by atoms with Gasteiger partial charge in [0.05, 0.1) is 17.1 Å². The molecule has 6 nitrogen and oxygen atoms in total. The van der Waals surface area contributed by atoms with Gasteiger partial charge in [0.25, 0.3) is 5.91 Å². The van der Waals surface area contributed by atoms with Gasteiger partial charge in [0.1, 0.15) is 0 Å². The summed E-state index contributed by atoms with van der Waals surface area (Å²) in [5.74, 6) is -0.237. The molecule has 0 fully saturated rings. The lowest BCUT2D eigenvalue weighted by Gasteiger charge is -2.19. The molecular weight excluding hydrogens is 400 g/mol. The fraction of sp³-hybridized carbons (Fsp3) is 0.269. The zero-order chi connectivity index (χ0) is 23.3. The lowest BCUT2D eigenvalue weighted by molar-refractivity contribution is -0.111. The molecule has 32 heavy (non-hydrogen) atoms. The van der Waals surface area contributed by atoms with E-state index < -0.39 is 0 Å². The molecule has 1 aliphatic carbocycles. The summed E-state index contributed by atoms with van der Waals surface area (Å²) in [5.41, 5.74) is 11.8. The summed E-state index contributed by atoms with van der Waals surface area (Å²) < 4.78 is 0. The van der Waals surface area contributed by atoms with Crippen molar-refractivity contribution in [2.45, 2.75) is 40.2 Å². The van der Waals surface area contributed by atoms with Gasteiger partial charge in [-0.2, -0.15) is 0 Å². The Bertz CT molecular complexity index is 1110. The second-order valence-electron chi connectivity index (χ2n) is 8.02. The minimum absolute atomic E-state index is 0.00579. The van der Waals surface area contributed by atoms with Crippen molar-refractivity contribution in [2.75, 3.05) is 11.9 Å². The highest BCUT2D eigenvalue weighted by Gasteiger charge is 2.20. The Morgan fingerprint density at radius 1 is 1.09 bits per heavy atom. The second-order valence-corrected chi connectivity index (χ2v) is 8.02. The third-order valence-corrected chi connectivity index (χ3v) is 5.59. The maximum absolute atomic E-state index is 12.4. The summed E-state index contributed by atoms with van der Waals surface area (Å²) in [6.07, 6.45) is 2.34. The Morgan fingerprint density at radius 2 is 1.81 bits per heavy atom. The topological polar surface area (TPSA) is 96.6 Å². The van der Waals surface area contributed by atoms with Crippen molar-refractivity contribution in [1.82, 2.24) is 5.32 Å². The molecule has 0 saturated carbocycles. The molecule has 2 aromatic carbocycles. The monoisotopic (exact) mass is 430 g/mol. The molecule has 0 aromatic heterocycles. The van der Waals surface area contributed by atoms with Gasteiger partial charge in [0, 0.05) is 29.4 Å². The average molecular weight is 431 g/mol. The van der Waals surface area contributed by atoms with Crippen LogP contribution >= 0.6 is 0 Å². The van der Waals surface area contributed by atoms with Gasteiger partial charge in [-0.05, 0) is 74.7 Å². The van der Waals surface area contributed by atoms with E-state index in [9.17, 15) is 9.59 Å². The minimum atomic E-state index is -0.167. The first-order valence-corrected chi connectivity index (χ1v) is 10.8. The van der Waals surface area contributed by atoms with Crippen molar-refractivity contribution in [1.29, 1.82) is 0 Å². The zero-order valence-corrected chi connectivity index (χ0v) is 19.0. The van der Waals surface area contributed by atoms with E-state index in [4.69, 9.17) is 10.7 Å². The number of anilines is 1. The summed E-state index contributed by atoms with van der Waals surface area (Å²) in [5, 5.41) is 6.48. The number of nitrogens with one attached hydrogen (secondary N) is 2. The van der Waals surface area contributed by atoms with Crippen LogP contribution in [0.25, 0.3) is 0 Å². The smallest absolute Gasteiger partial charge is 0.251 e. The molecule has 0 aliphatic heterocycles. The quantitative estimate of drug-likeness (QED) is 0.566. The number of hydrogen-bond donors (Lipinski definition) is 3. The highest BCUT2D eigenvalue weighted by atomic mass is 16.1. The Kier molecular flexibility index (Phi) is 7.25. The number of amides is 1. The van der Waals surface area contributed by atoms with Crippen LogP contribution in [0.4, 0.5) is 11.4 Å². The largest absolute Gasteiger partial charge is 0.395 e. The molecule has 0 bridgehead atoms. The molecule has 0 saturated heterocycles. The van der Waals surface area contributed by atoms with Crippen molar-refractivity contribution in [3.05, 3.63) is 82.6 Å². The molecular formula is C26H30N4O2. The fourth-order valence-corrected chi connectivity index (χ4v) is 3.53. The normalized spacial score (nSPS) is 16.1. The first kappa shape index (κ1) is 23.0. The summed E-state index contributed by atoms with van der Waals surface area (Å²) >= 11 is 0. The number of aliphatic imine (C=N–C) groups is 1. The minimum Gasteiger partial charge on any atom is -0.395 e. The predicted molar refractivity (Wildman–Crippen MR) is 130 cm³/mol. The van der Waals surface area contributed by atoms with E-state index in [-0.39, 0.29) is 23.4 Å². The molecule has 6 heteroatoms. The Balaban J connectivity index is 1.68. The molecule has 1 amide bonds. The van der Waals surface area contributed by atoms with Gasteiger partial charge in [-0.3, -0.25) is 9.59 Å². The molecule has 1 unspecified atom stereocenters. The maximum Gasteiger partial charge on any atom is 0.251 e. The van der Waals surface area contributed by atoms with Gasteiger partial charge >= 0.3 is 0 Å². The number of carbonyl (C=O) groups excluding carboxylic acids is 2. The van der Waals surface area contributed by atoms with E-state index in [0.29, 0.717) is 17.7 Å². The van der Waals surface area contributed by atoms with Crippen molar-refractivity contribution < 1.29 is 9.59 Å². The van der Waals surface area contributed by atoms with Gasteiger partial charge in [0.2, 0.25) is 5.78 Å². The van der Waals surface area contributed by atoms with Gasteiger partial charge in [-0.25, -0.2) is 4.99 Å². The van der Waals surface area contributed by atoms with E-state index in [2.05, 4.69) is 10.6 Å². The van der Waals surface area contributed by atoms with Gasteiger partial charge in [-0.1, -0.05) is 25.1 Å². The van der Waals surface area contributed by atoms with Crippen LogP contribution in [-0.4, -0.2) is 30.0 Å². The number of rotatable bonds is 7. The number of nitrogens with zero attached hydrogens (tertiary/aromatic N) is 1. The first-order chi connectivity index (χ1) is 15.3. The molecule has 166 valence electrons. The van der Waals surface area contributed by atoms with Crippen LogP contribution in [0.2, 0.25) is 0 Å². The molecule has 0 heterocycles. The van der Waals surface area contributed by atoms with Crippen molar-refractivity contribution in [3.8, 4) is 0 Å². The van der Waals surface area contributed by atoms with E-state index >= 15 is 0 Å². The number of hydrogen-bond acceptors (Lipinski definition) is 5. The summed E-state index contributed by atoms with van der Waals surface area (Å²) in [6, 6.07) is 15.2. The number of ketones is 1. The third kappa shape index (κ3) is 5.32. The molecule has 3 rings (SSSR count). The average Bonchev–Trinajstić information content (AvgIpc) is 2.79. The number of aryl methyl sites for hydroxylation is 1. The van der Waals surface area contributed by atoms with Crippen molar-refractivity contribution in [2.24, 2.45) is 10.7 Å². The van der Waals surface area contributed by atoms with Crippen molar-refractivity contribution in [3.63, 3.8) is 0 Å².